The van der Waals surface area contributed by atoms with Crippen LogP contribution in [0.25, 0.3) is 0 Å². The van der Waals surface area contributed by atoms with Crippen molar-refractivity contribution in [1.29, 1.82) is 0 Å². The first-order valence-corrected chi connectivity index (χ1v) is 8.08. The van der Waals surface area contributed by atoms with Gasteiger partial charge in [0.15, 0.2) is 0 Å². The molecule has 2 atom stereocenters. The lowest BCUT2D eigenvalue weighted by Gasteiger charge is -2.15. The van der Waals surface area contributed by atoms with Crippen LogP contribution in [0.2, 0.25) is 0 Å². The fourth-order valence-electron chi connectivity index (χ4n) is 2.28. The van der Waals surface area contributed by atoms with Crippen molar-refractivity contribution in [1.82, 2.24) is 5.32 Å². The van der Waals surface area contributed by atoms with E-state index >= 15 is 0 Å². The van der Waals surface area contributed by atoms with Gasteiger partial charge in [-0.3, -0.25) is 0 Å². The predicted octanol–water partition coefficient (Wildman–Crippen LogP) is 4.49. The fourth-order valence-corrected chi connectivity index (χ4v) is 2.28. The largest absolute Gasteiger partial charge is 0.374 e. The number of rotatable bonds is 10. The minimum Gasteiger partial charge on any atom is -0.374 e. The molecule has 1 aromatic carbocycles. The summed E-state index contributed by atoms with van der Waals surface area (Å²) in [6.07, 6.45) is 3.87. The van der Waals surface area contributed by atoms with Crippen molar-refractivity contribution in [2.75, 3.05) is 13.1 Å². The number of ether oxygens (including phenoxy) is 1. The molecule has 0 aliphatic heterocycles. The van der Waals surface area contributed by atoms with Crippen LogP contribution >= 0.6 is 0 Å². The molecule has 1 aromatic rings. The highest BCUT2D eigenvalue weighted by molar-refractivity contribution is 5.24. The number of benzene rings is 1. The molecule has 0 saturated heterocycles. The Kier molecular flexibility index (Phi) is 8.56. The third-order valence-electron chi connectivity index (χ3n) is 3.66. The maximum Gasteiger partial charge on any atom is 0.0720 e. The second-order valence-electron chi connectivity index (χ2n) is 5.76. The molecule has 0 radical (unpaired) electrons. The molecule has 0 heterocycles. The van der Waals surface area contributed by atoms with Gasteiger partial charge in [0.25, 0.3) is 0 Å². The molecule has 0 aliphatic carbocycles. The summed E-state index contributed by atoms with van der Waals surface area (Å²) >= 11 is 0. The van der Waals surface area contributed by atoms with Crippen molar-refractivity contribution >= 4 is 0 Å². The molecular weight excluding hydrogens is 246 g/mol. The molecule has 0 saturated carbocycles. The summed E-state index contributed by atoms with van der Waals surface area (Å²) in [7, 11) is 0. The summed E-state index contributed by atoms with van der Waals surface area (Å²) in [5, 5.41) is 3.48. The molecule has 0 spiro atoms. The molecule has 0 aliphatic rings. The van der Waals surface area contributed by atoms with Crippen molar-refractivity contribution in [2.24, 2.45) is 0 Å². The van der Waals surface area contributed by atoms with Gasteiger partial charge in [-0.1, -0.05) is 51.5 Å². The van der Waals surface area contributed by atoms with Crippen molar-refractivity contribution < 1.29 is 4.74 Å². The van der Waals surface area contributed by atoms with Crippen LogP contribution in [0, 0.1) is 0 Å². The highest BCUT2D eigenvalue weighted by Gasteiger charge is 2.05. The van der Waals surface area contributed by atoms with Gasteiger partial charge in [0.05, 0.1) is 12.7 Å². The molecule has 1 N–H and O–H groups in total. The van der Waals surface area contributed by atoms with Crippen LogP contribution in [-0.2, 0) is 11.3 Å². The Labute approximate surface area is 124 Å². The molecule has 20 heavy (non-hydrogen) atoms. The van der Waals surface area contributed by atoms with E-state index < -0.39 is 0 Å². The average molecular weight is 277 g/mol. The molecule has 2 unspecified atom stereocenters. The standard InChI is InChI=1S/C18H31NO/c1-5-7-16(4)20-14-17-8-10-18(11-9-17)15(3)13-19-12-6-2/h8-11,15-16,19H,5-7,12-14H2,1-4H3. The van der Waals surface area contributed by atoms with Crippen LogP contribution in [-0.4, -0.2) is 19.2 Å². The Morgan fingerprint density at radius 3 is 2.35 bits per heavy atom. The van der Waals surface area contributed by atoms with E-state index in [9.17, 15) is 0 Å². The minimum atomic E-state index is 0.358. The van der Waals surface area contributed by atoms with Gasteiger partial charge >= 0.3 is 0 Å². The van der Waals surface area contributed by atoms with Gasteiger partial charge in [-0.05, 0) is 43.4 Å². The van der Waals surface area contributed by atoms with E-state index in [4.69, 9.17) is 4.74 Å². The summed E-state index contributed by atoms with van der Waals surface area (Å²) in [5.74, 6) is 0.565. The minimum absolute atomic E-state index is 0.358. The summed E-state index contributed by atoms with van der Waals surface area (Å²) < 4.78 is 5.84. The van der Waals surface area contributed by atoms with E-state index in [-0.39, 0.29) is 0 Å². The summed E-state index contributed by atoms with van der Waals surface area (Å²) in [4.78, 5) is 0. The Balaban J connectivity index is 2.39. The van der Waals surface area contributed by atoms with Crippen molar-refractivity contribution in [2.45, 2.75) is 65.6 Å². The van der Waals surface area contributed by atoms with Gasteiger partial charge < -0.3 is 10.1 Å². The predicted molar refractivity (Wildman–Crippen MR) is 87.2 cm³/mol. The Bertz CT molecular complexity index is 347. The zero-order valence-electron chi connectivity index (χ0n) is 13.6. The molecule has 114 valence electrons. The van der Waals surface area contributed by atoms with Gasteiger partial charge in [-0.2, -0.15) is 0 Å². The van der Waals surface area contributed by atoms with Crippen LogP contribution in [0.4, 0.5) is 0 Å². The van der Waals surface area contributed by atoms with Crippen LogP contribution < -0.4 is 5.32 Å². The number of hydrogen-bond acceptors (Lipinski definition) is 2. The Morgan fingerprint density at radius 1 is 1.05 bits per heavy atom. The van der Waals surface area contributed by atoms with Crippen molar-refractivity contribution in [3.8, 4) is 0 Å². The lowest BCUT2D eigenvalue weighted by molar-refractivity contribution is 0.0472. The second kappa shape index (κ2) is 9.95. The number of nitrogens with one attached hydrogen (secondary N) is 1. The van der Waals surface area contributed by atoms with Gasteiger partial charge in [-0.25, -0.2) is 0 Å². The van der Waals surface area contributed by atoms with E-state index in [1.54, 1.807) is 0 Å². The topological polar surface area (TPSA) is 21.3 Å². The van der Waals surface area contributed by atoms with Gasteiger partial charge in [0, 0.05) is 6.54 Å². The molecule has 0 fully saturated rings. The van der Waals surface area contributed by atoms with Gasteiger partial charge in [0.1, 0.15) is 0 Å². The zero-order valence-corrected chi connectivity index (χ0v) is 13.6. The molecule has 0 bridgehead atoms. The number of hydrogen-bond donors (Lipinski definition) is 1. The highest BCUT2D eigenvalue weighted by Crippen LogP contribution is 2.16. The van der Waals surface area contributed by atoms with Crippen LogP contribution in [0.3, 0.4) is 0 Å². The third-order valence-corrected chi connectivity index (χ3v) is 3.66. The summed E-state index contributed by atoms with van der Waals surface area (Å²) in [6.45, 7) is 11.7. The maximum absolute atomic E-state index is 5.84. The summed E-state index contributed by atoms with van der Waals surface area (Å²) in [5.41, 5.74) is 2.67. The van der Waals surface area contributed by atoms with Crippen LogP contribution in [0.15, 0.2) is 24.3 Å². The first-order chi connectivity index (χ1) is 9.67. The van der Waals surface area contributed by atoms with Crippen molar-refractivity contribution in [3.63, 3.8) is 0 Å². The first-order valence-electron chi connectivity index (χ1n) is 8.08. The van der Waals surface area contributed by atoms with Crippen LogP contribution in [0.1, 0.15) is 64.0 Å². The Hall–Kier alpha value is -0.860. The van der Waals surface area contributed by atoms with Crippen molar-refractivity contribution in [3.05, 3.63) is 35.4 Å². The summed E-state index contributed by atoms with van der Waals surface area (Å²) in [6, 6.07) is 8.87. The van der Waals surface area contributed by atoms with Gasteiger partial charge in [0.2, 0.25) is 0 Å². The van der Waals surface area contributed by atoms with E-state index in [2.05, 4.69) is 57.3 Å². The Morgan fingerprint density at radius 2 is 1.75 bits per heavy atom. The lowest BCUT2D eigenvalue weighted by atomic mass is 10.00. The first kappa shape index (κ1) is 17.2. The zero-order chi connectivity index (χ0) is 14.8. The average Bonchev–Trinajstić information content (AvgIpc) is 2.46. The molecule has 0 amide bonds. The normalized spacial score (nSPS) is 14.2. The molecule has 2 heteroatoms. The molecule has 1 rings (SSSR count). The fraction of sp³-hybridized carbons (Fsp3) is 0.667. The molecule has 0 aromatic heterocycles. The maximum atomic E-state index is 5.84. The second-order valence-corrected chi connectivity index (χ2v) is 5.76. The lowest BCUT2D eigenvalue weighted by Crippen LogP contribution is -2.20. The highest BCUT2D eigenvalue weighted by atomic mass is 16.5. The quantitative estimate of drug-likeness (QED) is 0.636. The third kappa shape index (κ3) is 6.53. The SMILES string of the molecule is CCCNCC(C)c1ccc(COC(C)CCC)cc1. The van der Waals surface area contributed by atoms with Gasteiger partial charge in [-0.15, -0.1) is 0 Å². The van der Waals surface area contributed by atoms with E-state index in [0.717, 1.165) is 26.1 Å². The smallest absolute Gasteiger partial charge is 0.0720 e. The van der Waals surface area contributed by atoms with E-state index in [1.807, 2.05) is 0 Å². The monoisotopic (exact) mass is 277 g/mol. The molecular formula is C18H31NO. The van der Waals surface area contributed by atoms with E-state index in [1.165, 1.54) is 24.0 Å². The van der Waals surface area contributed by atoms with E-state index in [0.29, 0.717) is 12.0 Å². The molecule has 2 nitrogen and oxygen atoms in total. The van der Waals surface area contributed by atoms with Crippen LogP contribution in [0.5, 0.6) is 0 Å².